The summed E-state index contributed by atoms with van der Waals surface area (Å²) in [5.74, 6) is -0.521. The van der Waals surface area contributed by atoms with Crippen molar-refractivity contribution in [1.29, 1.82) is 0 Å². The minimum absolute atomic E-state index is 0.106. The number of hydrogen-bond acceptors (Lipinski definition) is 3. The van der Waals surface area contributed by atoms with Crippen molar-refractivity contribution < 1.29 is 14.3 Å². The second-order valence-corrected chi connectivity index (χ2v) is 4.37. The van der Waals surface area contributed by atoms with Gasteiger partial charge in [0.1, 0.15) is 11.6 Å². The summed E-state index contributed by atoms with van der Waals surface area (Å²) in [5, 5.41) is 12.5. The van der Waals surface area contributed by atoms with Crippen LogP contribution < -0.4 is 5.32 Å². The van der Waals surface area contributed by atoms with Gasteiger partial charge in [-0.25, -0.2) is 4.39 Å². The molecule has 2 N–H and O–H groups in total. The van der Waals surface area contributed by atoms with E-state index in [9.17, 15) is 14.3 Å². The van der Waals surface area contributed by atoms with Crippen LogP contribution >= 0.6 is 0 Å². The van der Waals surface area contributed by atoms with Crippen LogP contribution in [0.1, 0.15) is 15.9 Å². The molecule has 0 radical (unpaired) electrons. The lowest BCUT2D eigenvalue weighted by Gasteiger charge is -2.04. The third-order valence-electron chi connectivity index (χ3n) is 2.75. The number of rotatable bonds is 4. The van der Waals surface area contributed by atoms with Crippen LogP contribution in [0.3, 0.4) is 0 Å². The summed E-state index contributed by atoms with van der Waals surface area (Å²) < 4.78 is 12.7. The molecule has 0 aliphatic heterocycles. The van der Waals surface area contributed by atoms with Gasteiger partial charge in [-0.05, 0) is 48.9 Å². The Morgan fingerprint density at radius 1 is 1.20 bits per heavy atom. The van der Waals surface area contributed by atoms with E-state index in [-0.39, 0.29) is 17.3 Å². The topological polar surface area (TPSA) is 49.3 Å². The number of nitrogens with one attached hydrogen (secondary N) is 1. The van der Waals surface area contributed by atoms with Crippen molar-refractivity contribution in [3.8, 4) is 5.75 Å². The second-order valence-electron chi connectivity index (χ2n) is 4.37. The molecule has 102 valence electrons. The first-order valence-corrected chi connectivity index (χ1v) is 6.09. The zero-order valence-electron chi connectivity index (χ0n) is 10.9. The van der Waals surface area contributed by atoms with Gasteiger partial charge in [0.25, 0.3) is 0 Å². The average Bonchev–Trinajstić information content (AvgIpc) is 2.43. The van der Waals surface area contributed by atoms with E-state index >= 15 is 0 Å². The van der Waals surface area contributed by atoms with Crippen molar-refractivity contribution in [1.82, 2.24) is 0 Å². The summed E-state index contributed by atoms with van der Waals surface area (Å²) >= 11 is 0. The number of carbonyl (C=O) groups excluding carboxylic acids is 1. The number of phenols is 1. The van der Waals surface area contributed by atoms with Crippen molar-refractivity contribution in [2.45, 2.75) is 6.92 Å². The third-order valence-corrected chi connectivity index (χ3v) is 2.75. The van der Waals surface area contributed by atoms with Gasteiger partial charge in [-0.1, -0.05) is 6.07 Å². The number of carbonyl (C=O) groups is 1. The normalized spacial score (nSPS) is 10.7. The Morgan fingerprint density at radius 2 is 1.90 bits per heavy atom. The maximum Gasteiger partial charge on any atom is 0.187 e. The monoisotopic (exact) mass is 271 g/mol. The summed E-state index contributed by atoms with van der Waals surface area (Å²) in [5.41, 5.74) is 1.91. The molecule has 0 heterocycles. The number of halogens is 1. The van der Waals surface area contributed by atoms with Gasteiger partial charge in [-0.15, -0.1) is 0 Å². The predicted octanol–water partition coefficient (Wildman–Crippen LogP) is 3.65. The number of phenolic OH excluding ortho intramolecular Hbond substituents is 1. The quantitative estimate of drug-likeness (QED) is 0.507. The molecule has 0 spiro atoms. The highest BCUT2D eigenvalue weighted by Gasteiger charge is 2.02. The molecule has 0 saturated carbocycles. The molecule has 0 saturated heterocycles. The highest BCUT2D eigenvalue weighted by Crippen LogP contribution is 2.23. The molecule has 0 bridgehead atoms. The minimum Gasteiger partial charge on any atom is -0.506 e. The third kappa shape index (κ3) is 3.45. The van der Waals surface area contributed by atoms with Crippen LogP contribution in [0.25, 0.3) is 0 Å². The molecule has 2 rings (SSSR count). The Kier molecular flexibility index (Phi) is 4.15. The smallest absolute Gasteiger partial charge is 0.187 e. The molecule has 0 amide bonds. The summed E-state index contributed by atoms with van der Waals surface area (Å²) in [6.07, 6.45) is 2.77. The first-order chi connectivity index (χ1) is 9.56. The molecule has 0 aromatic heterocycles. The van der Waals surface area contributed by atoms with Crippen molar-refractivity contribution in [3.63, 3.8) is 0 Å². The number of hydrogen-bond donors (Lipinski definition) is 2. The van der Waals surface area contributed by atoms with Crippen LogP contribution in [0.4, 0.5) is 10.1 Å². The standard InChI is InChI=1S/C16H14FNO2/c1-11-2-7-16(20)14(10-11)18-9-8-15(19)12-3-5-13(17)6-4-12/h2-10,18,20H,1H3/b9-8+. The molecule has 2 aromatic rings. The fraction of sp³-hybridized carbons (Fsp3) is 0.0625. The SMILES string of the molecule is Cc1ccc(O)c(N/C=C/C(=O)c2ccc(F)cc2)c1. The Labute approximate surface area is 116 Å². The molecule has 0 atom stereocenters. The molecule has 20 heavy (non-hydrogen) atoms. The molecule has 0 fully saturated rings. The lowest BCUT2D eigenvalue weighted by Crippen LogP contribution is -1.96. The Morgan fingerprint density at radius 3 is 2.60 bits per heavy atom. The number of aromatic hydroxyl groups is 1. The van der Waals surface area contributed by atoms with Crippen LogP contribution in [0.15, 0.2) is 54.7 Å². The number of allylic oxidation sites excluding steroid dienone is 1. The fourth-order valence-electron chi connectivity index (χ4n) is 1.68. The summed E-state index contributed by atoms with van der Waals surface area (Å²) in [7, 11) is 0. The zero-order chi connectivity index (χ0) is 14.5. The van der Waals surface area contributed by atoms with Crippen LogP contribution in [0.2, 0.25) is 0 Å². The van der Waals surface area contributed by atoms with Crippen LogP contribution in [-0.2, 0) is 0 Å². The highest BCUT2D eigenvalue weighted by molar-refractivity contribution is 6.04. The summed E-state index contributed by atoms with van der Waals surface area (Å²) in [6.45, 7) is 1.90. The molecular formula is C16H14FNO2. The van der Waals surface area contributed by atoms with E-state index in [2.05, 4.69) is 5.32 Å². The van der Waals surface area contributed by atoms with E-state index in [1.54, 1.807) is 18.2 Å². The van der Waals surface area contributed by atoms with Crippen molar-refractivity contribution in [3.05, 3.63) is 71.7 Å². The van der Waals surface area contributed by atoms with Gasteiger partial charge in [-0.3, -0.25) is 4.79 Å². The van der Waals surface area contributed by atoms with E-state index in [0.717, 1.165) is 5.56 Å². The van der Waals surface area contributed by atoms with Gasteiger partial charge in [0, 0.05) is 17.8 Å². The molecule has 4 heteroatoms. The predicted molar refractivity (Wildman–Crippen MR) is 76.3 cm³/mol. The van der Waals surface area contributed by atoms with Gasteiger partial charge in [-0.2, -0.15) is 0 Å². The van der Waals surface area contributed by atoms with E-state index < -0.39 is 0 Å². The molecule has 0 aliphatic carbocycles. The fourth-order valence-corrected chi connectivity index (χ4v) is 1.68. The van der Waals surface area contributed by atoms with E-state index in [0.29, 0.717) is 11.3 Å². The number of ketones is 1. The molecular weight excluding hydrogens is 257 g/mol. The maximum absolute atomic E-state index is 12.7. The Bertz CT molecular complexity index is 648. The first kappa shape index (κ1) is 13.8. The Balaban J connectivity index is 2.04. The van der Waals surface area contributed by atoms with Gasteiger partial charge >= 0.3 is 0 Å². The largest absolute Gasteiger partial charge is 0.506 e. The summed E-state index contributed by atoms with van der Waals surface area (Å²) in [6, 6.07) is 10.4. The van der Waals surface area contributed by atoms with Crippen LogP contribution in [0.5, 0.6) is 5.75 Å². The zero-order valence-corrected chi connectivity index (χ0v) is 10.9. The van der Waals surface area contributed by atoms with E-state index in [1.807, 2.05) is 6.92 Å². The molecule has 2 aromatic carbocycles. The average molecular weight is 271 g/mol. The summed E-state index contributed by atoms with van der Waals surface area (Å²) in [4.78, 5) is 11.8. The van der Waals surface area contributed by atoms with Gasteiger partial charge in [0.2, 0.25) is 0 Å². The van der Waals surface area contributed by atoms with Crippen molar-refractivity contribution in [2.75, 3.05) is 5.32 Å². The lowest BCUT2D eigenvalue weighted by atomic mass is 10.1. The maximum atomic E-state index is 12.7. The Hall–Kier alpha value is -2.62. The van der Waals surface area contributed by atoms with E-state index in [4.69, 9.17) is 0 Å². The number of anilines is 1. The first-order valence-electron chi connectivity index (χ1n) is 6.09. The number of benzene rings is 2. The van der Waals surface area contributed by atoms with Crippen LogP contribution in [-0.4, -0.2) is 10.9 Å². The molecule has 0 unspecified atom stereocenters. The van der Waals surface area contributed by atoms with Gasteiger partial charge in [0.15, 0.2) is 5.78 Å². The highest BCUT2D eigenvalue weighted by atomic mass is 19.1. The van der Waals surface area contributed by atoms with Gasteiger partial charge in [0.05, 0.1) is 5.69 Å². The molecule has 0 aliphatic rings. The second kappa shape index (κ2) is 6.02. The van der Waals surface area contributed by atoms with Gasteiger partial charge < -0.3 is 10.4 Å². The molecule has 3 nitrogen and oxygen atoms in total. The van der Waals surface area contributed by atoms with Crippen LogP contribution in [0, 0.1) is 12.7 Å². The van der Waals surface area contributed by atoms with Crippen molar-refractivity contribution >= 4 is 11.5 Å². The lowest BCUT2D eigenvalue weighted by molar-refractivity contribution is 0.104. The number of aryl methyl sites for hydroxylation is 1. The minimum atomic E-state index is -0.381. The van der Waals surface area contributed by atoms with Crippen molar-refractivity contribution in [2.24, 2.45) is 0 Å². The van der Waals surface area contributed by atoms with E-state index in [1.165, 1.54) is 36.5 Å².